The van der Waals surface area contributed by atoms with Crippen molar-refractivity contribution < 1.29 is 23.5 Å². The highest BCUT2D eigenvalue weighted by Crippen LogP contribution is 2.04. The Morgan fingerprint density at radius 3 is 2.39 bits per heavy atom. The van der Waals surface area contributed by atoms with Crippen LogP contribution in [0.2, 0.25) is 0 Å². The summed E-state index contributed by atoms with van der Waals surface area (Å²) in [6.07, 6.45) is -0.737. The fourth-order valence-corrected chi connectivity index (χ4v) is 1.77. The molecule has 0 unspecified atom stereocenters. The first-order valence-corrected chi connectivity index (χ1v) is 7.26. The van der Waals surface area contributed by atoms with E-state index < -0.39 is 37.0 Å². The van der Waals surface area contributed by atoms with Gasteiger partial charge in [-0.3, -0.25) is 9.59 Å². The Hall–Kier alpha value is -2.44. The lowest BCUT2D eigenvalue weighted by molar-refractivity contribution is -0.127. The zero-order valence-electron chi connectivity index (χ0n) is 13.2. The second kappa shape index (κ2) is 9.55. The first-order valence-electron chi connectivity index (χ1n) is 7.26. The van der Waals surface area contributed by atoms with Gasteiger partial charge in [0.2, 0.25) is 5.91 Å². The minimum Gasteiger partial charge on any atom is -0.445 e. The molecule has 0 bridgehead atoms. The predicted octanol–water partition coefficient (Wildman–Crippen LogP) is 1.59. The Kier molecular flexibility index (Phi) is 7.73. The summed E-state index contributed by atoms with van der Waals surface area (Å²) in [5, 5.41) is 4.75. The summed E-state index contributed by atoms with van der Waals surface area (Å²) >= 11 is 0. The van der Waals surface area contributed by atoms with Crippen molar-refractivity contribution in [2.24, 2.45) is 5.92 Å². The molecule has 0 radical (unpaired) electrons. The van der Waals surface area contributed by atoms with Crippen LogP contribution < -0.4 is 10.6 Å². The maximum atomic E-state index is 12.1. The zero-order chi connectivity index (χ0) is 17.2. The molecule has 1 atom stereocenters. The number of halogens is 1. The van der Waals surface area contributed by atoms with Gasteiger partial charge in [-0.2, -0.15) is 0 Å². The summed E-state index contributed by atoms with van der Waals surface area (Å²) in [5.74, 6) is -1.51. The number of hydrogen-bond donors (Lipinski definition) is 2. The third-order valence-electron chi connectivity index (χ3n) is 3.04. The monoisotopic (exact) mass is 324 g/mol. The minimum absolute atomic E-state index is 0.0828. The molecule has 0 saturated carbocycles. The fraction of sp³-hybridized carbons (Fsp3) is 0.438. The first-order chi connectivity index (χ1) is 10.9. The third-order valence-corrected chi connectivity index (χ3v) is 3.04. The van der Waals surface area contributed by atoms with E-state index in [1.54, 1.807) is 13.8 Å². The Morgan fingerprint density at radius 2 is 1.83 bits per heavy atom. The molecule has 0 heterocycles. The van der Waals surface area contributed by atoms with Crippen LogP contribution >= 0.6 is 0 Å². The number of ether oxygens (including phenoxy) is 1. The molecule has 1 aromatic carbocycles. The van der Waals surface area contributed by atoms with E-state index in [0.717, 1.165) is 5.56 Å². The molecule has 0 aliphatic carbocycles. The molecule has 0 aromatic heterocycles. The summed E-state index contributed by atoms with van der Waals surface area (Å²) in [6.45, 7) is 2.01. The van der Waals surface area contributed by atoms with Crippen molar-refractivity contribution in [1.29, 1.82) is 0 Å². The number of carbonyl (C=O) groups excluding carboxylic acids is 3. The topological polar surface area (TPSA) is 84.5 Å². The van der Waals surface area contributed by atoms with Crippen LogP contribution in [-0.2, 0) is 20.9 Å². The number of Topliss-reactive ketones (excluding diaryl/α,β-unsaturated/α-hetero) is 1. The zero-order valence-corrected chi connectivity index (χ0v) is 13.2. The van der Waals surface area contributed by atoms with Crippen molar-refractivity contribution in [3.8, 4) is 0 Å². The van der Waals surface area contributed by atoms with Crippen LogP contribution in [0.3, 0.4) is 0 Å². The Morgan fingerprint density at radius 1 is 1.17 bits per heavy atom. The molecule has 7 heteroatoms. The Balaban J connectivity index is 2.49. The molecule has 23 heavy (non-hydrogen) atoms. The molecule has 2 amide bonds. The molecule has 1 rings (SSSR count). The van der Waals surface area contributed by atoms with Crippen LogP contribution in [0.4, 0.5) is 9.18 Å². The van der Waals surface area contributed by atoms with Gasteiger partial charge >= 0.3 is 6.09 Å². The lowest BCUT2D eigenvalue weighted by atomic mass is 10.0. The average Bonchev–Trinajstić information content (AvgIpc) is 2.55. The van der Waals surface area contributed by atoms with E-state index in [9.17, 15) is 18.8 Å². The molecular formula is C16H21FN2O4. The normalized spacial score (nSPS) is 11.7. The van der Waals surface area contributed by atoms with Crippen LogP contribution in [0.5, 0.6) is 0 Å². The van der Waals surface area contributed by atoms with Gasteiger partial charge in [0.25, 0.3) is 0 Å². The molecule has 0 aliphatic rings. The largest absolute Gasteiger partial charge is 0.445 e. The van der Waals surface area contributed by atoms with Gasteiger partial charge in [-0.1, -0.05) is 44.2 Å². The number of amides is 2. The number of benzene rings is 1. The number of ketones is 1. The van der Waals surface area contributed by atoms with Crippen LogP contribution in [0, 0.1) is 5.92 Å². The molecule has 2 N–H and O–H groups in total. The van der Waals surface area contributed by atoms with E-state index in [0.29, 0.717) is 0 Å². The smallest absolute Gasteiger partial charge is 0.408 e. The molecule has 6 nitrogen and oxygen atoms in total. The molecule has 0 fully saturated rings. The van der Waals surface area contributed by atoms with Crippen LogP contribution in [0.1, 0.15) is 19.4 Å². The Bertz CT molecular complexity index is 534. The highest BCUT2D eigenvalue weighted by atomic mass is 19.1. The van der Waals surface area contributed by atoms with Gasteiger partial charge in [0.15, 0.2) is 5.78 Å². The summed E-state index contributed by atoms with van der Waals surface area (Å²) < 4.78 is 17.1. The van der Waals surface area contributed by atoms with Crippen molar-refractivity contribution >= 4 is 17.8 Å². The maximum absolute atomic E-state index is 12.1. The molecule has 0 aliphatic heterocycles. The third kappa shape index (κ3) is 6.90. The number of hydrogen-bond acceptors (Lipinski definition) is 4. The summed E-state index contributed by atoms with van der Waals surface area (Å²) in [4.78, 5) is 34.6. The second-order valence-corrected chi connectivity index (χ2v) is 5.32. The van der Waals surface area contributed by atoms with Gasteiger partial charge in [-0.05, 0) is 11.5 Å². The summed E-state index contributed by atoms with van der Waals surface area (Å²) in [7, 11) is 0. The lowest BCUT2D eigenvalue weighted by Gasteiger charge is -2.21. The fourth-order valence-electron chi connectivity index (χ4n) is 1.77. The van der Waals surface area contributed by atoms with Crippen LogP contribution in [0.15, 0.2) is 30.3 Å². The van der Waals surface area contributed by atoms with Gasteiger partial charge in [-0.15, -0.1) is 0 Å². The van der Waals surface area contributed by atoms with E-state index in [1.807, 2.05) is 30.3 Å². The molecule has 126 valence electrons. The van der Waals surface area contributed by atoms with Crippen molar-refractivity contribution in [2.75, 3.05) is 13.2 Å². The second-order valence-electron chi connectivity index (χ2n) is 5.32. The van der Waals surface area contributed by atoms with Gasteiger partial charge in [0.1, 0.15) is 19.3 Å². The predicted molar refractivity (Wildman–Crippen MR) is 82.4 cm³/mol. The number of carbonyl (C=O) groups is 3. The first kappa shape index (κ1) is 18.6. The van der Waals surface area contributed by atoms with Crippen molar-refractivity contribution in [3.05, 3.63) is 35.9 Å². The molecule has 0 saturated heterocycles. The lowest BCUT2D eigenvalue weighted by Crippen LogP contribution is -2.50. The number of alkyl carbamates (subject to hydrolysis) is 1. The van der Waals surface area contributed by atoms with E-state index in [1.165, 1.54) is 0 Å². The van der Waals surface area contributed by atoms with Gasteiger partial charge in [0.05, 0.1) is 6.54 Å². The van der Waals surface area contributed by atoms with E-state index in [2.05, 4.69) is 10.6 Å². The SMILES string of the molecule is CC(C)[C@H](NC(=O)OCc1ccccc1)C(=O)NCC(=O)CF. The number of nitrogens with one attached hydrogen (secondary N) is 2. The number of rotatable bonds is 8. The standard InChI is InChI=1S/C16H21FN2O4/c1-11(2)14(15(21)18-9-13(20)8-17)19-16(22)23-10-12-6-4-3-5-7-12/h3-7,11,14H,8-10H2,1-2H3,(H,18,21)(H,19,22)/t14-/m0/s1. The van der Waals surface area contributed by atoms with Gasteiger partial charge < -0.3 is 15.4 Å². The summed E-state index contributed by atoms with van der Waals surface area (Å²) in [5.41, 5.74) is 0.821. The van der Waals surface area contributed by atoms with E-state index in [4.69, 9.17) is 4.74 Å². The van der Waals surface area contributed by atoms with Crippen molar-refractivity contribution in [1.82, 2.24) is 10.6 Å². The van der Waals surface area contributed by atoms with Gasteiger partial charge in [0, 0.05) is 0 Å². The molecule has 0 spiro atoms. The van der Waals surface area contributed by atoms with E-state index in [-0.39, 0.29) is 12.5 Å². The maximum Gasteiger partial charge on any atom is 0.408 e. The average molecular weight is 324 g/mol. The number of alkyl halides is 1. The highest BCUT2D eigenvalue weighted by molar-refractivity contribution is 5.90. The van der Waals surface area contributed by atoms with Crippen LogP contribution in [-0.4, -0.2) is 37.0 Å². The van der Waals surface area contributed by atoms with Crippen molar-refractivity contribution in [2.45, 2.75) is 26.5 Å². The minimum atomic E-state index is -1.14. The van der Waals surface area contributed by atoms with Crippen LogP contribution in [0.25, 0.3) is 0 Å². The van der Waals surface area contributed by atoms with Crippen molar-refractivity contribution in [3.63, 3.8) is 0 Å². The quantitative estimate of drug-likeness (QED) is 0.760. The Labute approximate surface area is 134 Å². The van der Waals surface area contributed by atoms with E-state index >= 15 is 0 Å². The van der Waals surface area contributed by atoms with Gasteiger partial charge in [-0.25, -0.2) is 9.18 Å². The molecular weight excluding hydrogens is 303 g/mol. The summed E-state index contributed by atoms with van der Waals surface area (Å²) in [6, 6.07) is 8.24. The highest BCUT2D eigenvalue weighted by Gasteiger charge is 2.25. The molecule has 1 aromatic rings.